The molecular weight excluding hydrogens is 347 g/mol. The van der Waals surface area contributed by atoms with E-state index >= 15 is 0 Å². The molecule has 2 heterocycles. The molecule has 0 radical (unpaired) electrons. The van der Waals surface area contributed by atoms with Gasteiger partial charge in [0, 0.05) is 25.4 Å². The van der Waals surface area contributed by atoms with Crippen LogP contribution in [-0.2, 0) is 7.05 Å². The Labute approximate surface area is 128 Å². The van der Waals surface area contributed by atoms with E-state index in [-0.39, 0.29) is 11.2 Å². The molecule has 1 aromatic carbocycles. The SMILES string of the molecule is CC(Cl)c1nc2cc(F)c(Br)cc2n1-c1ccn(C)n1. The molecule has 0 fully saturated rings. The summed E-state index contributed by atoms with van der Waals surface area (Å²) in [4.78, 5) is 4.42. The highest BCUT2D eigenvalue weighted by molar-refractivity contribution is 9.10. The van der Waals surface area contributed by atoms with E-state index in [9.17, 15) is 4.39 Å². The normalized spacial score (nSPS) is 13.1. The molecule has 20 heavy (non-hydrogen) atoms. The topological polar surface area (TPSA) is 35.6 Å². The Hall–Kier alpha value is -1.40. The second-order valence-corrected chi connectivity index (χ2v) is 6.03. The smallest absolute Gasteiger partial charge is 0.160 e. The van der Waals surface area contributed by atoms with Crippen molar-refractivity contribution in [2.45, 2.75) is 12.3 Å². The maximum absolute atomic E-state index is 13.6. The average Bonchev–Trinajstić information content (AvgIpc) is 2.94. The van der Waals surface area contributed by atoms with Crippen molar-refractivity contribution in [3.8, 4) is 5.82 Å². The molecular formula is C13H11BrClFN4. The predicted molar refractivity (Wildman–Crippen MR) is 79.8 cm³/mol. The molecule has 3 rings (SSSR count). The summed E-state index contributed by atoms with van der Waals surface area (Å²) in [6.07, 6.45) is 1.84. The van der Waals surface area contributed by atoms with Crippen LogP contribution < -0.4 is 0 Å². The van der Waals surface area contributed by atoms with Gasteiger partial charge in [-0.3, -0.25) is 9.25 Å². The predicted octanol–water partition coefficient (Wildman–Crippen LogP) is 3.96. The van der Waals surface area contributed by atoms with Crippen LogP contribution in [-0.4, -0.2) is 19.3 Å². The summed E-state index contributed by atoms with van der Waals surface area (Å²) < 4.78 is 17.6. The molecule has 0 bridgehead atoms. The molecule has 1 unspecified atom stereocenters. The van der Waals surface area contributed by atoms with Crippen molar-refractivity contribution >= 4 is 38.6 Å². The quantitative estimate of drug-likeness (QED) is 0.651. The van der Waals surface area contributed by atoms with Crippen LogP contribution in [0.15, 0.2) is 28.9 Å². The Morgan fingerprint density at radius 2 is 2.15 bits per heavy atom. The highest BCUT2D eigenvalue weighted by atomic mass is 79.9. The van der Waals surface area contributed by atoms with Gasteiger partial charge in [0.2, 0.25) is 0 Å². The van der Waals surface area contributed by atoms with Crippen LogP contribution in [0, 0.1) is 5.82 Å². The van der Waals surface area contributed by atoms with Crippen molar-refractivity contribution in [1.82, 2.24) is 19.3 Å². The maximum Gasteiger partial charge on any atom is 0.160 e. The molecule has 2 aromatic heterocycles. The molecule has 0 aliphatic carbocycles. The molecule has 0 saturated carbocycles. The van der Waals surface area contributed by atoms with Crippen LogP contribution in [0.3, 0.4) is 0 Å². The standard InChI is InChI=1S/C13H11BrClFN4/c1-7(15)13-17-10-6-9(16)8(14)5-11(10)20(13)12-3-4-19(2)18-12/h3-7H,1-2H3. The fourth-order valence-electron chi connectivity index (χ4n) is 2.12. The van der Waals surface area contributed by atoms with Crippen molar-refractivity contribution in [3.63, 3.8) is 0 Å². The molecule has 0 aliphatic heterocycles. The fraction of sp³-hybridized carbons (Fsp3) is 0.231. The molecule has 7 heteroatoms. The molecule has 0 spiro atoms. The van der Waals surface area contributed by atoms with E-state index in [0.717, 1.165) is 5.52 Å². The van der Waals surface area contributed by atoms with Crippen LogP contribution in [0.1, 0.15) is 18.1 Å². The summed E-state index contributed by atoms with van der Waals surface area (Å²) in [6, 6.07) is 4.94. The summed E-state index contributed by atoms with van der Waals surface area (Å²) >= 11 is 9.39. The van der Waals surface area contributed by atoms with E-state index in [2.05, 4.69) is 26.0 Å². The van der Waals surface area contributed by atoms with E-state index in [1.807, 2.05) is 30.8 Å². The largest absolute Gasteiger partial charge is 0.278 e. The monoisotopic (exact) mass is 356 g/mol. The third kappa shape index (κ3) is 2.13. The highest BCUT2D eigenvalue weighted by Crippen LogP contribution is 2.30. The third-order valence-electron chi connectivity index (χ3n) is 3.01. The zero-order valence-electron chi connectivity index (χ0n) is 10.8. The second-order valence-electron chi connectivity index (χ2n) is 4.52. The van der Waals surface area contributed by atoms with E-state index in [1.54, 1.807) is 10.7 Å². The number of aromatic nitrogens is 4. The lowest BCUT2D eigenvalue weighted by atomic mass is 10.3. The van der Waals surface area contributed by atoms with E-state index in [1.165, 1.54) is 6.07 Å². The number of imidazole rings is 1. The lowest BCUT2D eigenvalue weighted by Crippen LogP contribution is -2.03. The van der Waals surface area contributed by atoms with Crippen molar-refractivity contribution in [2.24, 2.45) is 7.05 Å². The van der Waals surface area contributed by atoms with Crippen LogP contribution in [0.4, 0.5) is 4.39 Å². The Morgan fingerprint density at radius 3 is 2.75 bits per heavy atom. The van der Waals surface area contributed by atoms with Crippen LogP contribution in [0.25, 0.3) is 16.9 Å². The Morgan fingerprint density at radius 1 is 1.40 bits per heavy atom. The summed E-state index contributed by atoms with van der Waals surface area (Å²) in [7, 11) is 1.84. The van der Waals surface area contributed by atoms with Gasteiger partial charge in [0.1, 0.15) is 11.6 Å². The van der Waals surface area contributed by atoms with Crippen LogP contribution >= 0.6 is 27.5 Å². The van der Waals surface area contributed by atoms with Gasteiger partial charge >= 0.3 is 0 Å². The molecule has 1 atom stereocenters. The number of nitrogens with zero attached hydrogens (tertiary/aromatic N) is 4. The first kappa shape index (κ1) is 13.6. The van der Waals surface area contributed by atoms with E-state index < -0.39 is 0 Å². The number of fused-ring (bicyclic) bond motifs is 1. The van der Waals surface area contributed by atoms with Gasteiger partial charge in [0.25, 0.3) is 0 Å². The number of alkyl halides is 1. The van der Waals surface area contributed by atoms with Gasteiger partial charge in [-0.25, -0.2) is 9.37 Å². The van der Waals surface area contributed by atoms with E-state index in [0.29, 0.717) is 21.6 Å². The molecule has 0 N–H and O–H groups in total. The van der Waals surface area contributed by atoms with Crippen molar-refractivity contribution in [1.29, 1.82) is 0 Å². The van der Waals surface area contributed by atoms with Gasteiger partial charge in [-0.1, -0.05) is 0 Å². The number of rotatable bonds is 2. The van der Waals surface area contributed by atoms with Crippen LogP contribution in [0.5, 0.6) is 0 Å². The van der Waals surface area contributed by atoms with Gasteiger partial charge in [-0.05, 0) is 28.9 Å². The lowest BCUT2D eigenvalue weighted by Gasteiger charge is -2.07. The minimum atomic E-state index is -0.350. The summed E-state index contributed by atoms with van der Waals surface area (Å²) in [5.41, 5.74) is 1.32. The zero-order chi connectivity index (χ0) is 14.4. The Balaban J connectivity index is 2.37. The zero-order valence-corrected chi connectivity index (χ0v) is 13.2. The molecule has 3 aromatic rings. The summed E-state index contributed by atoms with van der Waals surface area (Å²) in [5, 5.41) is 4.06. The third-order valence-corrected chi connectivity index (χ3v) is 3.81. The van der Waals surface area contributed by atoms with Crippen molar-refractivity contribution in [3.05, 3.63) is 40.5 Å². The van der Waals surface area contributed by atoms with Gasteiger partial charge in [0.05, 0.1) is 20.9 Å². The van der Waals surface area contributed by atoms with Gasteiger partial charge in [-0.15, -0.1) is 11.6 Å². The van der Waals surface area contributed by atoms with Gasteiger partial charge in [-0.2, -0.15) is 5.10 Å². The first-order valence-electron chi connectivity index (χ1n) is 5.99. The Bertz CT molecular complexity index is 793. The van der Waals surface area contributed by atoms with Gasteiger partial charge < -0.3 is 0 Å². The fourth-order valence-corrected chi connectivity index (χ4v) is 2.60. The maximum atomic E-state index is 13.6. The highest BCUT2D eigenvalue weighted by Gasteiger charge is 2.19. The Kier molecular flexibility index (Phi) is 3.30. The first-order chi connectivity index (χ1) is 9.47. The minimum Gasteiger partial charge on any atom is -0.278 e. The summed E-state index contributed by atoms with van der Waals surface area (Å²) in [5.74, 6) is 0.992. The van der Waals surface area contributed by atoms with Crippen molar-refractivity contribution < 1.29 is 4.39 Å². The molecule has 0 aliphatic rings. The molecule has 0 amide bonds. The molecule has 104 valence electrons. The molecule has 0 saturated heterocycles. The lowest BCUT2D eigenvalue weighted by molar-refractivity contribution is 0.623. The number of halogens is 3. The number of benzene rings is 1. The van der Waals surface area contributed by atoms with Crippen LogP contribution in [0.2, 0.25) is 0 Å². The van der Waals surface area contributed by atoms with Gasteiger partial charge in [0.15, 0.2) is 5.82 Å². The van der Waals surface area contributed by atoms with E-state index in [4.69, 9.17) is 11.6 Å². The van der Waals surface area contributed by atoms with Crippen molar-refractivity contribution in [2.75, 3.05) is 0 Å². The molecule has 4 nitrogen and oxygen atoms in total. The second kappa shape index (κ2) is 4.86. The summed E-state index contributed by atoms with van der Waals surface area (Å²) in [6.45, 7) is 1.83. The minimum absolute atomic E-state index is 0.314. The number of hydrogen-bond donors (Lipinski definition) is 0. The average molecular weight is 358 g/mol. The first-order valence-corrected chi connectivity index (χ1v) is 7.22. The number of hydrogen-bond acceptors (Lipinski definition) is 2. The number of aryl methyl sites for hydroxylation is 1.